The van der Waals surface area contributed by atoms with Gasteiger partial charge in [0.25, 0.3) is 5.56 Å². The Morgan fingerprint density at radius 1 is 1.00 bits per heavy atom. The van der Waals surface area contributed by atoms with Crippen LogP contribution in [0.25, 0.3) is 6.08 Å². The molecule has 9 nitrogen and oxygen atoms in total. The predicted octanol–water partition coefficient (Wildman–Crippen LogP) is 5.17. The van der Waals surface area contributed by atoms with E-state index in [0.717, 1.165) is 12.0 Å². The van der Waals surface area contributed by atoms with Crippen LogP contribution in [0.1, 0.15) is 72.1 Å². The van der Waals surface area contributed by atoms with Crippen LogP contribution in [0.2, 0.25) is 0 Å². The number of benzene rings is 2. The summed E-state index contributed by atoms with van der Waals surface area (Å²) in [6.45, 7) is 14.0. The Hall–Kier alpha value is -4.05. The average molecular weight is 609 g/mol. The summed E-state index contributed by atoms with van der Waals surface area (Å²) in [7, 11) is 1.56. The Morgan fingerprint density at radius 3 is 2.37 bits per heavy atom. The Kier molecular flexibility index (Phi) is 10.3. The van der Waals surface area contributed by atoms with E-state index >= 15 is 0 Å². The molecule has 0 saturated carbocycles. The number of methoxy groups -OCH3 is 1. The van der Waals surface area contributed by atoms with Gasteiger partial charge in [0.2, 0.25) is 0 Å². The monoisotopic (exact) mass is 608 g/mol. The fourth-order valence-corrected chi connectivity index (χ4v) is 5.79. The van der Waals surface area contributed by atoms with Crippen molar-refractivity contribution in [1.82, 2.24) is 4.57 Å². The Balaban J connectivity index is 1.88. The lowest BCUT2D eigenvalue weighted by Crippen LogP contribution is -2.40. The quantitative estimate of drug-likeness (QED) is 0.262. The molecule has 0 fully saturated rings. The Labute approximate surface area is 256 Å². The maximum absolute atomic E-state index is 14.1. The van der Waals surface area contributed by atoms with Gasteiger partial charge in [0.1, 0.15) is 0 Å². The summed E-state index contributed by atoms with van der Waals surface area (Å²) in [6, 6.07) is 10.3. The molecule has 1 aromatic heterocycles. The van der Waals surface area contributed by atoms with E-state index in [1.54, 1.807) is 43.7 Å². The standard InChI is InChI=1S/C33H40N2O7S/c1-9-20(6)42-25-14-12-22(16-27(25)39-10-2)17-28-31(36)35-30(23-13-15-24(41-19(4)5)26(18-23)38-8)29(32(37)40-11-3)21(7)34-33(35)43-28/h12-20,30H,9-11H2,1-8H3/b28-17-/t20-,30-/m0/s1. The van der Waals surface area contributed by atoms with Crippen LogP contribution in [-0.2, 0) is 9.53 Å². The van der Waals surface area contributed by atoms with Crippen molar-refractivity contribution in [2.45, 2.75) is 73.1 Å². The van der Waals surface area contributed by atoms with E-state index in [4.69, 9.17) is 23.7 Å². The van der Waals surface area contributed by atoms with Crippen molar-refractivity contribution in [1.29, 1.82) is 0 Å². The molecule has 0 bridgehead atoms. The summed E-state index contributed by atoms with van der Waals surface area (Å²) in [4.78, 5) is 32.5. The summed E-state index contributed by atoms with van der Waals surface area (Å²) >= 11 is 1.26. The van der Waals surface area contributed by atoms with Crippen LogP contribution in [0.3, 0.4) is 0 Å². The lowest BCUT2D eigenvalue weighted by Gasteiger charge is -2.25. The van der Waals surface area contributed by atoms with Gasteiger partial charge < -0.3 is 23.7 Å². The third-order valence-corrected chi connectivity index (χ3v) is 7.83. The van der Waals surface area contributed by atoms with Crippen molar-refractivity contribution in [2.24, 2.45) is 4.99 Å². The lowest BCUT2D eigenvalue weighted by molar-refractivity contribution is -0.139. The fraction of sp³-hybridized carbons (Fsp3) is 0.424. The summed E-state index contributed by atoms with van der Waals surface area (Å²) < 4.78 is 30.9. The highest BCUT2D eigenvalue weighted by molar-refractivity contribution is 7.07. The number of carbonyl (C=O) groups excluding carboxylic acids is 1. The largest absolute Gasteiger partial charge is 0.493 e. The molecule has 10 heteroatoms. The zero-order valence-electron chi connectivity index (χ0n) is 26.1. The summed E-state index contributed by atoms with van der Waals surface area (Å²) in [5.74, 6) is 1.80. The van der Waals surface area contributed by atoms with Crippen LogP contribution in [0.15, 0.2) is 57.5 Å². The summed E-state index contributed by atoms with van der Waals surface area (Å²) in [5, 5.41) is 0. The second-order valence-corrected chi connectivity index (χ2v) is 11.4. The molecule has 0 aliphatic carbocycles. The van der Waals surface area contributed by atoms with Crippen molar-refractivity contribution >= 4 is 23.4 Å². The number of aromatic nitrogens is 1. The summed E-state index contributed by atoms with van der Waals surface area (Å²) in [5.41, 5.74) is 1.96. The SMILES string of the molecule is CCOC(=O)C1=C(C)N=c2s/c(=C\c3ccc(O[C@@H](C)CC)c(OCC)c3)c(=O)n2[C@H]1c1ccc(OC(C)C)c(OC)c1. The number of thiazole rings is 1. The highest BCUT2D eigenvalue weighted by Crippen LogP contribution is 2.36. The molecule has 2 atom stereocenters. The van der Waals surface area contributed by atoms with E-state index in [-0.39, 0.29) is 24.4 Å². The first-order valence-corrected chi connectivity index (χ1v) is 15.4. The smallest absolute Gasteiger partial charge is 0.338 e. The van der Waals surface area contributed by atoms with Gasteiger partial charge in [0.05, 0.1) is 54.4 Å². The molecule has 3 aromatic rings. The maximum Gasteiger partial charge on any atom is 0.338 e. The molecule has 0 N–H and O–H groups in total. The van der Waals surface area contributed by atoms with Gasteiger partial charge in [0.15, 0.2) is 27.8 Å². The Bertz CT molecular complexity index is 1690. The molecule has 2 aromatic carbocycles. The van der Waals surface area contributed by atoms with Gasteiger partial charge in [-0.05, 0) is 89.4 Å². The summed E-state index contributed by atoms with van der Waals surface area (Å²) in [6.07, 6.45) is 2.64. The van der Waals surface area contributed by atoms with Gasteiger partial charge in [-0.1, -0.05) is 30.4 Å². The van der Waals surface area contributed by atoms with Crippen molar-refractivity contribution in [3.63, 3.8) is 0 Å². The molecular formula is C33H40N2O7S. The zero-order valence-corrected chi connectivity index (χ0v) is 26.9. The van der Waals surface area contributed by atoms with Crippen molar-refractivity contribution in [3.8, 4) is 23.0 Å². The number of rotatable bonds is 12. The zero-order chi connectivity index (χ0) is 31.3. The van der Waals surface area contributed by atoms with Crippen LogP contribution < -0.4 is 33.8 Å². The Morgan fingerprint density at radius 2 is 1.72 bits per heavy atom. The normalized spacial score (nSPS) is 15.6. The molecule has 4 rings (SSSR count). The number of carbonyl (C=O) groups is 1. The van der Waals surface area contributed by atoms with Crippen molar-refractivity contribution in [3.05, 3.63) is 78.5 Å². The predicted molar refractivity (Wildman–Crippen MR) is 167 cm³/mol. The van der Waals surface area contributed by atoms with Gasteiger partial charge in [-0.3, -0.25) is 9.36 Å². The first-order chi connectivity index (χ1) is 20.6. The fourth-order valence-electron chi connectivity index (χ4n) is 4.74. The van der Waals surface area contributed by atoms with Gasteiger partial charge in [0, 0.05) is 0 Å². The molecule has 43 heavy (non-hydrogen) atoms. The molecule has 0 spiro atoms. The number of ether oxygens (including phenoxy) is 5. The van der Waals surface area contributed by atoms with Crippen LogP contribution in [0.5, 0.6) is 23.0 Å². The minimum atomic E-state index is -0.773. The molecule has 0 unspecified atom stereocenters. The van der Waals surface area contributed by atoms with Crippen LogP contribution in [0, 0.1) is 0 Å². The van der Waals surface area contributed by atoms with E-state index in [0.29, 0.717) is 55.8 Å². The van der Waals surface area contributed by atoms with Crippen LogP contribution in [-0.4, -0.2) is 43.1 Å². The van der Waals surface area contributed by atoms with Gasteiger partial charge in [-0.25, -0.2) is 9.79 Å². The number of hydrogen-bond acceptors (Lipinski definition) is 9. The van der Waals surface area contributed by atoms with Crippen LogP contribution >= 0.6 is 11.3 Å². The van der Waals surface area contributed by atoms with Crippen molar-refractivity contribution in [2.75, 3.05) is 20.3 Å². The molecule has 1 aliphatic rings. The maximum atomic E-state index is 14.1. The van der Waals surface area contributed by atoms with Gasteiger partial charge in [-0.2, -0.15) is 0 Å². The third kappa shape index (κ3) is 6.96. The second kappa shape index (κ2) is 13.9. The number of nitrogens with zero attached hydrogens (tertiary/aromatic N) is 2. The average Bonchev–Trinajstić information content (AvgIpc) is 3.27. The number of allylic oxidation sites excluding steroid dienone is 1. The van der Waals surface area contributed by atoms with E-state index in [9.17, 15) is 9.59 Å². The van der Waals surface area contributed by atoms with E-state index in [1.807, 2.05) is 52.0 Å². The van der Waals surface area contributed by atoms with Gasteiger partial charge in [-0.15, -0.1) is 0 Å². The van der Waals surface area contributed by atoms with E-state index in [2.05, 4.69) is 11.9 Å². The van der Waals surface area contributed by atoms with E-state index < -0.39 is 12.0 Å². The topological polar surface area (TPSA) is 97.6 Å². The molecule has 0 saturated heterocycles. The minimum absolute atomic E-state index is 0.0372. The molecule has 230 valence electrons. The second-order valence-electron chi connectivity index (χ2n) is 10.4. The number of hydrogen-bond donors (Lipinski definition) is 0. The number of fused-ring (bicyclic) bond motifs is 1. The highest BCUT2D eigenvalue weighted by Gasteiger charge is 2.34. The first-order valence-electron chi connectivity index (χ1n) is 14.6. The molecule has 0 amide bonds. The van der Waals surface area contributed by atoms with Gasteiger partial charge >= 0.3 is 5.97 Å². The van der Waals surface area contributed by atoms with Crippen molar-refractivity contribution < 1.29 is 28.5 Å². The highest BCUT2D eigenvalue weighted by atomic mass is 32.1. The minimum Gasteiger partial charge on any atom is -0.493 e. The molecule has 2 heterocycles. The molecule has 0 radical (unpaired) electrons. The first kappa shape index (κ1) is 31.9. The number of esters is 1. The lowest BCUT2D eigenvalue weighted by atomic mass is 9.95. The molecular weight excluding hydrogens is 568 g/mol. The van der Waals surface area contributed by atoms with Crippen LogP contribution in [0.4, 0.5) is 0 Å². The molecule has 1 aliphatic heterocycles. The van der Waals surface area contributed by atoms with E-state index in [1.165, 1.54) is 11.3 Å². The third-order valence-electron chi connectivity index (χ3n) is 6.85.